The zero-order valence-corrected chi connectivity index (χ0v) is 55.6. The molecular formula is C68H103N3O14PS2+. The summed E-state index contributed by atoms with van der Waals surface area (Å²) in [6.45, 7) is 5.78. The van der Waals surface area contributed by atoms with Crippen LogP contribution in [0.25, 0.3) is 5.57 Å². The van der Waals surface area contributed by atoms with Crippen LogP contribution in [0.5, 0.6) is 11.5 Å². The van der Waals surface area contributed by atoms with Crippen molar-refractivity contribution in [1.82, 2.24) is 9.30 Å². The number of nitrogens with one attached hydrogen (secondary N) is 1. The van der Waals surface area contributed by atoms with E-state index in [2.05, 4.69) is 40.2 Å². The van der Waals surface area contributed by atoms with Gasteiger partial charge in [0.1, 0.15) is 36.1 Å². The Bertz CT molecular complexity index is 3220. The van der Waals surface area contributed by atoms with Crippen LogP contribution in [0.1, 0.15) is 253 Å². The molecule has 0 amide bonds. The highest BCUT2D eigenvalue weighted by Crippen LogP contribution is 2.49. The van der Waals surface area contributed by atoms with E-state index in [1.54, 1.807) is 0 Å². The molecule has 5 aliphatic heterocycles. The van der Waals surface area contributed by atoms with Crippen molar-refractivity contribution < 1.29 is 63.7 Å². The standard InChI is InChI=1S/C68H102N3O14PS2/c1-3-5-7-9-11-13-15-17-19-21-23-25-27-37-60(72)61(50-81-63(73)38-28-26-24-22-20-18-16-14-12-10-8-6-4-2)82-51-84-86(74,75)83-46-41-69-87(76,77)54-39-40-55(62(49-54)88(78,79)80)64-58-47-52-33-29-42-70-44-31-35-56(65(52)70)67(58)85-68-57-36-32-45-71-43-30-34-53(66(57)71)48-59(64)68/h39-40,47-49,61,69H,3-38,41-46,50-51H2,1-2H3,(H-,74,75,78,79,80)/p+1. The summed E-state index contributed by atoms with van der Waals surface area (Å²) >= 11 is 0. The molecule has 3 aromatic carbocycles. The van der Waals surface area contributed by atoms with E-state index in [1.165, 1.54) is 132 Å². The van der Waals surface area contributed by atoms with Crippen LogP contribution in [0, 0.1) is 0 Å². The van der Waals surface area contributed by atoms with Gasteiger partial charge >= 0.3 is 13.8 Å². The number of ether oxygens (including phenoxy) is 3. The predicted molar refractivity (Wildman–Crippen MR) is 345 cm³/mol. The van der Waals surface area contributed by atoms with E-state index >= 15 is 0 Å². The van der Waals surface area contributed by atoms with Crippen LogP contribution >= 0.6 is 7.82 Å². The third kappa shape index (κ3) is 20.0. The lowest BCUT2D eigenvalue weighted by atomic mass is 9.82. The minimum Gasteiger partial charge on any atom is -0.462 e. The summed E-state index contributed by atoms with van der Waals surface area (Å²) < 4.78 is 112. The number of rotatable bonds is 43. The van der Waals surface area contributed by atoms with E-state index in [0.29, 0.717) is 40.7 Å². The zero-order valence-electron chi connectivity index (χ0n) is 53.0. The van der Waals surface area contributed by atoms with Crippen LogP contribution in [-0.2, 0) is 78.5 Å². The predicted octanol–water partition coefficient (Wildman–Crippen LogP) is 13.2. The maximum absolute atomic E-state index is 14.0. The molecule has 3 aromatic rings. The van der Waals surface area contributed by atoms with Gasteiger partial charge in [-0.25, -0.2) is 22.3 Å². The van der Waals surface area contributed by atoms with Crippen LogP contribution in [-0.4, -0.2) is 96.9 Å². The van der Waals surface area contributed by atoms with Gasteiger partial charge in [-0.05, 0) is 81.2 Å². The van der Waals surface area contributed by atoms with Crippen LogP contribution < -0.4 is 29.5 Å². The summed E-state index contributed by atoms with van der Waals surface area (Å²) in [6.07, 6.45) is 36.3. The van der Waals surface area contributed by atoms with Gasteiger partial charge in [-0.3, -0.25) is 23.2 Å². The SMILES string of the molecule is CCCCCCCCCCCCCCCC(=O)OCC(OCOP(=O)(O)OCCNS(=O)(=O)c1ccc(C2=c3cc4c5c(c3Oc3c2cc2c6c3CCCN6CCC2)CCC[N+]=5CCC4)c(S(=O)(=O)O)c1)C(=O)CCCCCCCCCCCCCCC. The summed E-state index contributed by atoms with van der Waals surface area (Å²) in [6, 6.07) is 7.83. The van der Waals surface area contributed by atoms with Gasteiger partial charge in [-0.2, -0.15) is 8.42 Å². The highest BCUT2D eigenvalue weighted by molar-refractivity contribution is 7.89. The van der Waals surface area contributed by atoms with Gasteiger partial charge in [-0.15, -0.1) is 0 Å². The Morgan fingerprint density at radius 3 is 1.83 bits per heavy atom. The maximum Gasteiger partial charge on any atom is 0.474 e. The van der Waals surface area contributed by atoms with E-state index < -0.39 is 69.8 Å². The number of anilines is 1. The minimum absolute atomic E-state index is 0.133. The molecule has 0 aromatic heterocycles. The van der Waals surface area contributed by atoms with Crippen molar-refractivity contribution in [3.05, 3.63) is 74.3 Å². The quantitative estimate of drug-likeness (QED) is 0.00936. The molecule has 20 heteroatoms. The number of carbonyl (C=O) groups is 2. The molecule has 3 N–H and O–H groups in total. The fourth-order valence-corrected chi connectivity index (χ4v) is 16.2. The molecule has 0 bridgehead atoms. The van der Waals surface area contributed by atoms with E-state index in [1.807, 2.05) is 0 Å². The molecule has 88 heavy (non-hydrogen) atoms. The number of nitrogens with zero attached hydrogens (tertiary/aromatic N) is 2. The van der Waals surface area contributed by atoms with E-state index in [0.717, 1.165) is 151 Å². The lowest BCUT2D eigenvalue weighted by Gasteiger charge is -2.39. The number of Topliss-reactive ketones (excluding diaryl/α,β-unsaturated/α-hetero) is 1. The van der Waals surface area contributed by atoms with Crippen molar-refractivity contribution in [2.75, 3.05) is 57.6 Å². The second kappa shape index (κ2) is 35.1. The first kappa shape index (κ1) is 69.8. The second-order valence-corrected chi connectivity index (χ2v) is 29.8. The minimum atomic E-state index is -5.07. The molecule has 490 valence electrons. The Balaban J connectivity index is 0.863. The molecule has 17 nitrogen and oxygen atoms in total. The van der Waals surface area contributed by atoms with Crippen molar-refractivity contribution in [3.63, 3.8) is 0 Å². The summed E-state index contributed by atoms with van der Waals surface area (Å²) in [4.78, 5) is 38.3. The van der Waals surface area contributed by atoms with Crippen molar-refractivity contribution >= 4 is 51.0 Å². The zero-order chi connectivity index (χ0) is 62.4. The van der Waals surface area contributed by atoms with Crippen LogP contribution in [0.15, 0.2) is 40.1 Å². The summed E-state index contributed by atoms with van der Waals surface area (Å²) in [5, 5.41) is 1.88. The van der Waals surface area contributed by atoms with Crippen molar-refractivity contribution in [1.29, 1.82) is 0 Å². The number of esters is 1. The molecule has 0 radical (unpaired) electrons. The second-order valence-electron chi connectivity index (χ2n) is 25.2. The van der Waals surface area contributed by atoms with E-state index in [9.17, 15) is 40.4 Å². The molecule has 5 aliphatic rings. The summed E-state index contributed by atoms with van der Waals surface area (Å²) in [5.41, 5.74) is 6.99. The van der Waals surface area contributed by atoms with Gasteiger partial charge < -0.3 is 24.0 Å². The third-order valence-electron chi connectivity index (χ3n) is 18.4. The molecule has 2 atom stereocenters. The Morgan fingerprint density at radius 2 is 1.22 bits per heavy atom. The lowest BCUT2D eigenvalue weighted by Crippen LogP contribution is -2.45. The first-order valence-corrected chi connectivity index (χ1v) is 38.5. The Hall–Kier alpha value is -4.04. The Morgan fingerprint density at radius 1 is 0.659 bits per heavy atom. The average Bonchev–Trinajstić information content (AvgIpc) is 0.748. The molecule has 0 spiro atoms. The molecule has 0 saturated heterocycles. The lowest BCUT2D eigenvalue weighted by molar-refractivity contribution is -0.156. The van der Waals surface area contributed by atoms with Crippen molar-refractivity contribution in [2.45, 2.75) is 261 Å². The van der Waals surface area contributed by atoms with E-state index in [-0.39, 0.29) is 30.8 Å². The average molecular weight is 1280 g/mol. The normalized spacial score (nSPS) is 16.3. The number of aryl methyl sites for hydroxylation is 2. The van der Waals surface area contributed by atoms with Crippen LogP contribution in [0.3, 0.4) is 0 Å². The number of hydrogen-bond donors (Lipinski definition) is 3. The first-order chi connectivity index (χ1) is 42.6. The van der Waals surface area contributed by atoms with Gasteiger partial charge in [0.2, 0.25) is 15.4 Å². The van der Waals surface area contributed by atoms with E-state index in [4.69, 9.17) is 23.3 Å². The van der Waals surface area contributed by atoms with Crippen molar-refractivity contribution in [3.8, 4) is 11.5 Å². The summed E-state index contributed by atoms with van der Waals surface area (Å²) in [7, 11) is -14.5. The molecule has 8 rings (SSSR count). The Kier molecular flexibility index (Phi) is 27.9. The number of phosphoric acid groups is 1. The number of fused-ring (bicyclic) bond motifs is 4. The highest BCUT2D eigenvalue weighted by atomic mass is 32.2. The fourth-order valence-electron chi connectivity index (χ4n) is 13.8. The van der Waals surface area contributed by atoms with Crippen LogP contribution in [0.4, 0.5) is 5.69 Å². The van der Waals surface area contributed by atoms with Gasteiger partial charge in [-0.1, -0.05) is 174 Å². The van der Waals surface area contributed by atoms with Gasteiger partial charge in [0.25, 0.3) is 10.1 Å². The summed E-state index contributed by atoms with van der Waals surface area (Å²) in [5.74, 6) is 0.548. The number of benzene rings is 3. The van der Waals surface area contributed by atoms with Gasteiger partial charge in [0.15, 0.2) is 18.7 Å². The Labute approximate surface area is 525 Å². The highest BCUT2D eigenvalue weighted by Gasteiger charge is 2.38. The number of sulfonamides is 1. The third-order valence-corrected chi connectivity index (χ3v) is 21.7. The molecule has 5 heterocycles. The maximum atomic E-state index is 14.0. The van der Waals surface area contributed by atoms with Crippen molar-refractivity contribution in [2.24, 2.45) is 0 Å². The molecule has 0 saturated carbocycles. The van der Waals surface area contributed by atoms with Gasteiger partial charge in [0, 0.05) is 84.1 Å². The number of unbranched alkanes of at least 4 members (excludes halogenated alkanes) is 24. The first-order valence-electron chi connectivity index (χ1n) is 34.1. The number of hydrogen-bond acceptors (Lipinski definition) is 13. The monoisotopic (exact) mass is 1280 g/mol. The topological polar surface area (TPSA) is 224 Å². The number of carbonyl (C=O) groups excluding carboxylic acids is 2. The number of ketones is 1. The molecule has 0 fully saturated rings. The van der Waals surface area contributed by atoms with Gasteiger partial charge in [0.05, 0.1) is 17.1 Å². The molecular weight excluding hydrogens is 1180 g/mol. The fraction of sp³-hybridized carbons (Fsp3) is 0.691. The molecule has 0 aliphatic carbocycles. The van der Waals surface area contributed by atoms with Crippen LogP contribution in [0.2, 0.25) is 0 Å². The largest absolute Gasteiger partial charge is 0.474 e. The molecule has 2 unspecified atom stereocenters. The number of phosphoric ester groups is 1. The smallest absolute Gasteiger partial charge is 0.462 e.